The number of benzene rings is 1. The van der Waals surface area contributed by atoms with Crippen LogP contribution in [0.2, 0.25) is 0 Å². The van der Waals surface area contributed by atoms with Crippen molar-refractivity contribution in [1.29, 1.82) is 0 Å². The number of amides is 1. The number of ether oxygens (including phenoxy) is 1. The van der Waals surface area contributed by atoms with E-state index >= 15 is 0 Å². The molecule has 0 fully saturated rings. The lowest BCUT2D eigenvalue weighted by Gasteiger charge is -2.09. The molecule has 0 aliphatic heterocycles. The maximum Gasteiger partial charge on any atom is 0.258 e. The summed E-state index contributed by atoms with van der Waals surface area (Å²) in [5.41, 5.74) is 1.73. The van der Waals surface area contributed by atoms with Gasteiger partial charge in [0.2, 0.25) is 0 Å². The predicted octanol–water partition coefficient (Wildman–Crippen LogP) is 1.31. The van der Waals surface area contributed by atoms with Gasteiger partial charge in [-0.05, 0) is 31.0 Å². The monoisotopic (exact) mass is 315 g/mol. The molecule has 1 aromatic heterocycles. The third kappa shape index (κ3) is 5.25. The van der Waals surface area contributed by atoms with Crippen molar-refractivity contribution in [2.24, 2.45) is 0 Å². The van der Waals surface area contributed by atoms with E-state index in [-0.39, 0.29) is 18.1 Å². The molecule has 0 aliphatic carbocycles. The van der Waals surface area contributed by atoms with Crippen molar-refractivity contribution in [3.63, 3.8) is 0 Å². The number of nitrogens with one attached hydrogen (secondary N) is 1. The number of rotatable bonds is 7. The first-order chi connectivity index (χ1) is 11.1. The number of carbonyl (C=O) groups is 1. The molecule has 2 aromatic rings. The molecule has 0 spiro atoms. The van der Waals surface area contributed by atoms with Crippen LogP contribution in [0.1, 0.15) is 18.2 Å². The Kier molecular flexibility index (Phi) is 5.91. The van der Waals surface area contributed by atoms with E-state index in [9.17, 15) is 9.59 Å². The summed E-state index contributed by atoms with van der Waals surface area (Å²) in [5, 5.41) is 2.72. The Hall–Kier alpha value is -2.63. The van der Waals surface area contributed by atoms with Gasteiger partial charge in [0.15, 0.2) is 6.61 Å². The molecule has 23 heavy (non-hydrogen) atoms. The first kappa shape index (κ1) is 16.7. The van der Waals surface area contributed by atoms with E-state index in [1.165, 1.54) is 17.0 Å². The van der Waals surface area contributed by atoms with Crippen LogP contribution >= 0.6 is 0 Å². The van der Waals surface area contributed by atoms with Gasteiger partial charge >= 0.3 is 0 Å². The van der Waals surface area contributed by atoms with Crippen LogP contribution < -0.4 is 15.6 Å². The number of nitrogens with zero attached hydrogens (tertiary/aromatic N) is 2. The van der Waals surface area contributed by atoms with Crippen LogP contribution in [0, 0.1) is 6.92 Å². The fourth-order valence-corrected chi connectivity index (χ4v) is 2.05. The first-order valence-electron chi connectivity index (χ1n) is 7.60. The van der Waals surface area contributed by atoms with Crippen molar-refractivity contribution < 1.29 is 9.53 Å². The fraction of sp³-hybridized carbons (Fsp3) is 0.353. The second-order valence-electron chi connectivity index (χ2n) is 5.22. The van der Waals surface area contributed by atoms with Gasteiger partial charge in [-0.1, -0.05) is 19.1 Å². The Balaban J connectivity index is 1.75. The zero-order chi connectivity index (χ0) is 16.7. The highest BCUT2D eigenvalue weighted by Crippen LogP contribution is 2.11. The number of aryl methyl sites for hydroxylation is 2. The molecular formula is C17H21N3O3. The van der Waals surface area contributed by atoms with Crippen LogP contribution in [0.3, 0.4) is 0 Å². The van der Waals surface area contributed by atoms with Crippen molar-refractivity contribution >= 4 is 5.91 Å². The normalized spacial score (nSPS) is 10.3. The van der Waals surface area contributed by atoms with Crippen LogP contribution in [0.4, 0.5) is 0 Å². The Labute approximate surface area is 135 Å². The maximum absolute atomic E-state index is 11.8. The van der Waals surface area contributed by atoms with Crippen molar-refractivity contribution in [3.8, 4) is 5.75 Å². The molecule has 1 aromatic carbocycles. The van der Waals surface area contributed by atoms with Gasteiger partial charge in [0.05, 0.1) is 6.33 Å². The first-order valence-corrected chi connectivity index (χ1v) is 7.60. The quantitative estimate of drug-likeness (QED) is 0.836. The van der Waals surface area contributed by atoms with Crippen molar-refractivity contribution in [1.82, 2.24) is 14.9 Å². The highest BCUT2D eigenvalue weighted by molar-refractivity contribution is 5.77. The van der Waals surface area contributed by atoms with E-state index < -0.39 is 0 Å². The summed E-state index contributed by atoms with van der Waals surface area (Å²) in [6.07, 6.45) is 2.24. The third-order valence-electron chi connectivity index (χ3n) is 3.33. The van der Waals surface area contributed by atoms with Crippen molar-refractivity contribution in [3.05, 3.63) is 58.3 Å². The topological polar surface area (TPSA) is 73.2 Å². The highest BCUT2D eigenvalue weighted by atomic mass is 16.5. The van der Waals surface area contributed by atoms with E-state index in [0.29, 0.717) is 18.8 Å². The average Bonchev–Trinajstić information content (AvgIpc) is 2.54. The van der Waals surface area contributed by atoms with Crippen LogP contribution in [0.5, 0.6) is 5.75 Å². The molecule has 6 heteroatoms. The zero-order valence-corrected chi connectivity index (χ0v) is 13.4. The number of hydrogen-bond donors (Lipinski definition) is 1. The smallest absolute Gasteiger partial charge is 0.258 e. The predicted molar refractivity (Wildman–Crippen MR) is 87.6 cm³/mol. The molecule has 0 saturated carbocycles. The van der Waals surface area contributed by atoms with Crippen LogP contribution in [-0.2, 0) is 17.8 Å². The van der Waals surface area contributed by atoms with Gasteiger partial charge in [0.1, 0.15) is 5.75 Å². The second kappa shape index (κ2) is 8.12. The SMILES string of the molecule is CCc1cc(=O)n(CCNC(=O)COc2cccc(C)c2)cn1. The summed E-state index contributed by atoms with van der Waals surface area (Å²) in [6.45, 7) is 4.59. The van der Waals surface area contributed by atoms with Gasteiger partial charge < -0.3 is 10.1 Å². The molecule has 2 rings (SSSR count). The highest BCUT2D eigenvalue weighted by Gasteiger charge is 2.04. The second-order valence-corrected chi connectivity index (χ2v) is 5.22. The molecule has 1 N–H and O–H groups in total. The summed E-state index contributed by atoms with van der Waals surface area (Å²) < 4.78 is 6.89. The minimum Gasteiger partial charge on any atom is -0.484 e. The number of carbonyl (C=O) groups excluding carboxylic acids is 1. The summed E-state index contributed by atoms with van der Waals surface area (Å²) in [6, 6.07) is 9.03. The third-order valence-corrected chi connectivity index (χ3v) is 3.33. The molecule has 0 bridgehead atoms. The lowest BCUT2D eigenvalue weighted by Crippen LogP contribution is -2.33. The van der Waals surface area contributed by atoms with E-state index in [4.69, 9.17) is 4.74 Å². The summed E-state index contributed by atoms with van der Waals surface area (Å²) in [5.74, 6) is 0.438. The Morgan fingerprint density at radius 1 is 1.35 bits per heavy atom. The van der Waals surface area contributed by atoms with E-state index in [2.05, 4.69) is 10.3 Å². The summed E-state index contributed by atoms with van der Waals surface area (Å²) in [7, 11) is 0. The molecule has 0 saturated heterocycles. The van der Waals surface area contributed by atoms with E-state index in [0.717, 1.165) is 17.7 Å². The van der Waals surface area contributed by atoms with Crippen LogP contribution in [0.25, 0.3) is 0 Å². The minimum atomic E-state index is -0.224. The van der Waals surface area contributed by atoms with Gasteiger partial charge in [0, 0.05) is 24.8 Å². The minimum absolute atomic E-state index is 0.0502. The Morgan fingerprint density at radius 2 is 2.17 bits per heavy atom. The molecule has 1 amide bonds. The largest absolute Gasteiger partial charge is 0.484 e. The lowest BCUT2D eigenvalue weighted by atomic mass is 10.2. The maximum atomic E-state index is 11.8. The Bertz CT molecular complexity index is 725. The molecular weight excluding hydrogens is 294 g/mol. The van der Waals surface area contributed by atoms with Gasteiger partial charge in [0.25, 0.3) is 11.5 Å². The van der Waals surface area contributed by atoms with Crippen LogP contribution in [0.15, 0.2) is 41.5 Å². The number of aromatic nitrogens is 2. The molecule has 0 radical (unpaired) electrons. The molecule has 122 valence electrons. The Morgan fingerprint density at radius 3 is 2.87 bits per heavy atom. The molecule has 0 unspecified atom stereocenters. The van der Waals surface area contributed by atoms with Gasteiger partial charge in [-0.25, -0.2) is 4.98 Å². The molecule has 1 heterocycles. The summed E-state index contributed by atoms with van der Waals surface area (Å²) in [4.78, 5) is 27.7. The molecule has 6 nitrogen and oxygen atoms in total. The lowest BCUT2D eigenvalue weighted by molar-refractivity contribution is -0.123. The summed E-state index contributed by atoms with van der Waals surface area (Å²) >= 11 is 0. The van der Waals surface area contributed by atoms with Crippen molar-refractivity contribution in [2.75, 3.05) is 13.2 Å². The average molecular weight is 315 g/mol. The zero-order valence-electron chi connectivity index (χ0n) is 13.4. The van der Waals surface area contributed by atoms with Gasteiger partial charge in [-0.2, -0.15) is 0 Å². The van der Waals surface area contributed by atoms with E-state index in [1.54, 1.807) is 6.07 Å². The van der Waals surface area contributed by atoms with E-state index in [1.807, 2.05) is 32.0 Å². The van der Waals surface area contributed by atoms with Gasteiger partial charge in [-0.3, -0.25) is 14.2 Å². The van der Waals surface area contributed by atoms with Crippen LogP contribution in [-0.4, -0.2) is 28.6 Å². The fourth-order valence-electron chi connectivity index (χ4n) is 2.05. The standard InChI is InChI=1S/C17H21N3O3/c1-3-14-10-17(22)20(12-19-14)8-7-18-16(21)11-23-15-6-4-5-13(2)9-15/h4-6,9-10,12H,3,7-8,11H2,1-2H3,(H,18,21). The molecule has 0 aliphatic rings. The molecule has 0 atom stereocenters. The van der Waals surface area contributed by atoms with Gasteiger partial charge in [-0.15, -0.1) is 0 Å². The number of hydrogen-bond acceptors (Lipinski definition) is 4. The van der Waals surface area contributed by atoms with Crippen molar-refractivity contribution in [2.45, 2.75) is 26.8 Å².